The second kappa shape index (κ2) is 11.8. The van der Waals surface area contributed by atoms with Crippen LogP contribution < -0.4 is 10.2 Å². The van der Waals surface area contributed by atoms with Gasteiger partial charge >= 0.3 is 11.9 Å². The van der Waals surface area contributed by atoms with Crippen LogP contribution >= 0.6 is 0 Å². The lowest BCUT2D eigenvalue weighted by atomic mass is 10.0. The number of anilines is 1. The van der Waals surface area contributed by atoms with Crippen molar-refractivity contribution in [2.24, 2.45) is 0 Å². The van der Waals surface area contributed by atoms with Gasteiger partial charge in [-0.2, -0.15) is 0 Å². The molecule has 1 heterocycles. The van der Waals surface area contributed by atoms with E-state index >= 15 is 0 Å². The maximum Gasteiger partial charge on any atom is 0.325 e. The van der Waals surface area contributed by atoms with Gasteiger partial charge in [0.25, 0.3) is 0 Å². The number of para-hydroxylation sites is 1. The summed E-state index contributed by atoms with van der Waals surface area (Å²) in [5, 5.41) is 3.08. The number of carbonyl (C=O) groups is 3. The number of methoxy groups -OCH3 is 1. The Balaban J connectivity index is 1.85. The van der Waals surface area contributed by atoms with Gasteiger partial charge in [-0.15, -0.1) is 0 Å². The predicted molar refractivity (Wildman–Crippen MR) is 124 cm³/mol. The minimum Gasteiger partial charge on any atom is -0.611 e. The van der Waals surface area contributed by atoms with Crippen molar-refractivity contribution in [3.8, 4) is 0 Å². The summed E-state index contributed by atoms with van der Waals surface area (Å²) in [7, 11) is 1.24. The lowest BCUT2D eigenvalue weighted by molar-refractivity contribution is -0.146. The third-order valence-corrected chi connectivity index (χ3v) is 6.81. The first-order valence-electron chi connectivity index (χ1n) is 10.8. The second-order valence-corrected chi connectivity index (χ2v) is 8.99. The van der Waals surface area contributed by atoms with E-state index in [-0.39, 0.29) is 18.9 Å². The number of rotatable bonds is 9. The fourth-order valence-electron chi connectivity index (χ4n) is 3.68. The smallest absolute Gasteiger partial charge is 0.325 e. The lowest BCUT2D eigenvalue weighted by Crippen LogP contribution is -2.55. The molecule has 0 spiro atoms. The van der Waals surface area contributed by atoms with Crippen LogP contribution in [0.25, 0.3) is 0 Å². The van der Waals surface area contributed by atoms with Gasteiger partial charge in [0.1, 0.15) is 24.4 Å². The summed E-state index contributed by atoms with van der Waals surface area (Å²) in [5.74, 6) is -1.56. The molecule has 0 saturated heterocycles. The molecule has 3 rings (SSSR count). The van der Waals surface area contributed by atoms with Crippen molar-refractivity contribution < 1.29 is 28.4 Å². The Morgan fingerprint density at radius 3 is 2.58 bits per heavy atom. The maximum atomic E-state index is 13.5. The second-order valence-electron chi connectivity index (χ2n) is 7.53. The Morgan fingerprint density at radius 1 is 1.18 bits per heavy atom. The van der Waals surface area contributed by atoms with E-state index in [0.29, 0.717) is 23.4 Å². The molecule has 33 heavy (non-hydrogen) atoms. The van der Waals surface area contributed by atoms with Gasteiger partial charge in [0.2, 0.25) is 5.91 Å². The molecule has 1 unspecified atom stereocenters. The molecule has 0 fully saturated rings. The van der Waals surface area contributed by atoms with E-state index in [4.69, 9.17) is 9.47 Å². The van der Waals surface area contributed by atoms with E-state index < -0.39 is 41.1 Å². The molecule has 0 bridgehead atoms. The molecule has 9 heteroatoms. The van der Waals surface area contributed by atoms with Crippen LogP contribution in [0.4, 0.5) is 5.69 Å². The standard InChI is InChI=1S/C24H28N2O6S/c1-3-32-24(29)18(14-13-17-9-5-4-6-10-17)25-19-16-33(30)21-12-8-7-11-20(21)26(23(19)28)15-22(27)31-2/h4-12,18-19,25H,3,13-16H2,1-2H3/t18-,19-,33?/m0/s1. The first-order chi connectivity index (χ1) is 15.9. The Labute approximate surface area is 196 Å². The van der Waals surface area contributed by atoms with E-state index in [0.717, 1.165) is 5.56 Å². The molecule has 1 aliphatic heterocycles. The lowest BCUT2D eigenvalue weighted by Gasteiger charge is -2.26. The van der Waals surface area contributed by atoms with E-state index in [1.165, 1.54) is 12.0 Å². The third kappa shape index (κ3) is 6.34. The molecule has 176 valence electrons. The molecule has 1 N–H and O–H groups in total. The normalized spacial score (nSPS) is 18.8. The van der Waals surface area contributed by atoms with Crippen LogP contribution in [0.3, 0.4) is 0 Å². The number of benzene rings is 2. The molecule has 1 aliphatic rings. The molecule has 0 radical (unpaired) electrons. The number of hydrogen-bond donors (Lipinski definition) is 1. The fraction of sp³-hybridized carbons (Fsp3) is 0.375. The Kier molecular flexibility index (Phi) is 8.87. The van der Waals surface area contributed by atoms with Crippen molar-refractivity contribution in [2.45, 2.75) is 36.7 Å². The summed E-state index contributed by atoms with van der Waals surface area (Å²) >= 11 is -1.52. The van der Waals surface area contributed by atoms with Gasteiger partial charge < -0.3 is 14.0 Å². The topological polar surface area (TPSA) is 108 Å². The number of ether oxygens (including phenoxy) is 2. The quantitative estimate of drug-likeness (QED) is 0.438. The number of aryl methyl sites for hydroxylation is 1. The van der Waals surface area contributed by atoms with Gasteiger partial charge in [0, 0.05) is 0 Å². The van der Waals surface area contributed by atoms with Gasteiger partial charge in [-0.05, 0) is 48.6 Å². The van der Waals surface area contributed by atoms with Crippen LogP contribution in [-0.2, 0) is 41.5 Å². The monoisotopic (exact) mass is 472 g/mol. The first kappa shape index (κ1) is 24.8. The van der Waals surface area contributed by atoms with Gasteiger partial charge in [-0.3, -0.25) is 24.6 Å². The molecule has 2 aromatic carbocycles. The highest BCUT2D eigenvalue weighted by molar-refractivity contribution is 7.91. The van der Waals surface area contributed by atoms with Crippen LogP contribution in [0.1, 0.15) is 18.9 Å². The zero-order valence-corrected chi connectivity index (χ0v) is 19.5. The largest absolute Gasteiger partial charge is 0.611 e. The summed E-state index contributed by atoms with van der Waals surface area (Å²) in [6.07, 6.45) is 0.983. The van der Waals surface area contributed by atoms with E-state index in [9.17, 15) is 18.9 Å². The van der Waals surface area contributed by atoms with Crippen molar-refractivity contribution >= 4 is 34.7 Å². The zero-order chi connectivity index (χ0) is 23.8. The van der Waals surface area contributed by atoms with Gasteiger partial charge in [-0.1, -0.05) is 42.5 Å². The summed E-state index contributed by atoms with van der Waals surface area (Å²) in [4.78, 5) is 39.9. The van der Waals surface area contributed by atoms with Gasteiger partial charge in [-0.25, -0.2) is 0 Å². The highest BCUT2D eigenvalue weighted by Crippen LogP contribution is 2.30. The van der Waals surface area contributed by atoms with Crippen LogP contribution in [0.5, 0.6) is 0 Å². The number of esters is 2. The number of nitrogens with one attached hydrogen (secondary N) is 1. The maximum absolute atomic E-state index is 13.5. The van der Waals surface area contributed by atoms with Crippen molar-refractivity contribution in [3.63, 3.8) is 0 Å². The summed E-state index contributed by atoms with van der Waals surface area (Å²) in [5.41, 5.74) is 1.44. The van der Waals surface area contributed by atoms with Crippen LogP contribution in [-0.4, -0.2) is 60.5 Å². The highest BCUT2D eigenvalue weighted by atomic mass is 32.2. The first-order valence-corrected chi connectivity index (χ1v) is 12.1. The Hall–Kier alpha value is -2.88. The molecular formula is C24H28N2O6S. The Bertz CT molecular complexity index is 970. The number of hydrogen-bond acceptors (Lipinski definition) is 7. The summed E-state index contributed by atoms with van der Waals surface area (Å²) < 4.78 is 23.1. The number of carbonyl (C=O) groups excluding carboxylic acids is 3. The number of amides is 1. The van der Waals surface area contributed by atoms with E-state index in [1.807, 2.05) is 30.3 Å². The van der Waals surface area contributed by atoms with Gasteiger partial charge in [0.05, 0.1) is 19.4 Å². The molecule has 3 atom stereocenters. The predicted octanol–water partition coefficient (Wildman–Crippen LogP) is 1.84. The molecule has 1 amide bonds. The van der Waals surface area contributed by atoms with Crippen LogP contribution in [0.2, 0.25) is 0 Å². The number of fused-ring (bicyclic) bond motifs is 1. The minimum atomic E-state index is -1.52. The van der Waals surface area contributed by atoms with E-state index in [1.54, 1.807) is 31.2 Å². The van der Waals surface area contributed by atoms with Crippen molar-refractivity contribution in [2.75, 3.05) is 30.9 Å². The number of nitrogens with zero attached hydrogens (tertiary/aromatic N) is 1. The SMILES string of the molecule is CCOC(=O)[C@H](CCc1ccccc1)N[C@H]1C[S+]([O-])c2ccccc2N(CC(=O)OC)C1=O. The Morgan fingerprint density at radius 2 is 1.88 bits per heavy atom. The van der Waals surface area contributed by atoms with Crippen molar-refractivity contribution in [3.05, 3.63) is 60.2 Å². The molecular weight excluding hydrogens is 444 g/mol. The van der Waals surface area contributed by atoms with Crippen LogP contribution in [0, 0.1) is 0 Å². The third-order valence-electron chi connectivity index (χ3n) is 5.34. The summed E-state index contributed by atoms with van der Waals surface area (Å²) in [6.45, 7) is 1.59. The van der Waals surface area contributed by atoms with Crippen LogP contribution in [0.15, 0.2) is 59.5 Å². The van der Waals surface area contributed by atoms with Crippen molar-refractivity contribution in [1.29, 1.82) is 0 Å². The molecule has 0 saturated carbocycles. The average Bonchev–Trinajstić information content (AvgIpc) is 2.93. The van der Waals surface area contributed by atoms with Crippen molar-refractivity contribution in [1.82, 2.24) is 5.32 Å². The molecule has 8 nitrogen and oxygen atoms in total. The zero-order valence-electron chi connectivity index (χ0n) is 18.7. The summed E-state index contributed by atoms with van der Waals surface area (Å²) in [6, 6.07) is 14.7. The minimum absolute atomic E-state index is 0.0330. The molecule has 0 aliphatic carbocycles. The molecule has 0 aromatic heterocycles. The fourth-order valence-corrected chi connectivity index (χ4v) is 5.04. The average molecular weight is 473 g/mol. The highest BCUT2D eigenvalue weighted by Gasteiger charge is 2.40. The van der Waals surface area contributed by atoms with E-state index in [2.05, 4.69) is 5.32 Å². The molecule has 2 aromatic rings. The van der Waals surface area contributed by atoms with Gasteiger partial charge in [0.15, 0.2) is 4.90 Å².